The SMILES string of the molecule is Cc1cc(Cl)cc(C(=O)N(C)CC2(O)CCCC2)c1. The number of halogens is 1. The van der Waals surface area contributed by atoms with Crippen LogP contribution in [-0.2, 0) is 0 Å². The molecule has 1 aromatic rings. The highest BCUT2D eigenvalue weighted by Gasteiger charge is 2.33. The van der Waals surface area contributed by atoms with Gasteiger partial charge in [-0.2, -0.15) is 0 Å². The van der Waals surface area contributed by atoms with E-state index in [2.05, 4.69) is 0 Å². The monoisotopic (exact) mass is 281 g/mol. The zero-order valence-electron chi connectivity index (χ0n) is 11.4. The predicted octanol–water partition coefficient (Wildman–Crippen LogP) is 3.03. The minimum Gasteiger partial charge on any atom is -0.388 e. The molecule has 4 heteroatoms. The van der Waals surface area contributed by atoms with Crippen LogP contribution in [0, 0.1) is 6.92 Å². The summed E-state index contributed by atoms with van der Waals surface area (Å²) in [6, 6.07) is 5.32. The van der Waals surface area contributed by atoms with Gasteiger partial charge in [-0.15, -0.1) is 0 Å². The molecule has 0 saturated heterocycles. The maximum Gasteiger partial charge on any atom is 0.253 e. The van der Waals surface area contributed by atoms with Crippen LogP contribution in [0.4, 0.5) is 0 Å². The van der Waals surface area contributed by atoms with Gasteiger partial charge >= 0.3 is 0 Å². The van der Waals surface area contributed by atoms with Crippen molar-refractivity contribution < 1.29 is 9.90 Å². The van der Waals surface area contributed by atoms with E-state index in [1.165, 1.54) is 0 Å². The second-order valence-corrected chi connectivity index (χ2v) is 6.05. The van der Waals surface area contributed by atoms with Gasteiger partial charge in [0, 0.05) is 24.2 Å². The number of nitrogens with zero attached hydrogens (tertiary/aromatic N) is 1. The van der Waals surface area contributed by atoms with Gasteiger partial charge in [0.1, 0.15) is 0 Å². The second-order valence-electron chi connectivity index (χ2n) is 5.61. The molecule has 1 amide bonds. The molecule has 1 aromatic carbocycles. The quantitative estimate of drug-likeness (QED) is 0.925. The maximum atomic E-state index is 12.3. The first kappa shape index (κ1) is 14.4. The lowest BCUT2D eigenvalue weighted by Gasteiger charge is -2.28. The number of aryl methyl sites for hydroxylation is 1. The van der Waals surface area contributed by atoms with E-state index < -0.39 is 5.60 Å². The van der Waals surface area contributed by atoms with E-state index in [-0.39, 0.29) is 5.91 Å². The average molecular weight is 282 g/mol. The van der Waals surface area contributed by atoms with Gasteiger partial charge in [-0.05, 0) is 43.5 Å². The number of hydrogen-bond acceptors (Lipinski definition) is 2. The number of carbonyl (C=O) groups excluding carboxylic acids is 1. The first-order valence-electron chi connectivity index (χ1n) is 6.65. The summed E-state index contributed by atoms with van der Waals surface area (Å²) < 4.78 is 0. The predicted molar refractivity (Wildman–Crippen MR) is 76.6 cm³/mol. The molecule has 0 radical (unpaired) electrons. The zero-order chi connectivity index (χ0) is 14.0. The zero-order valence-corrected chi connectivity index (χ0v) is 12.2. The smallest absolute Gasteiger partial charge is 0.253 e. The summed E-state index contributed by atoms with van der Waals surface area (Å²) in [5, 5.41) is 10.9. The van der Waals surface area contributed by atoms with E-state index in [9.17, 15) is 9.90 Å². The molecule has 1 saturated carbocycles. The summed E-state index contributed by atoms with van der Waals surface area (Å²) in [5.41, 5.74) is 0.829. The third-order valence-electron chi connectivity index (χ3n) is 3.70. The number of benzene rings is 1. The molecule has 0 bridgehead atoms. The van der Waals surface area contributed by atoms with Crippen molar-refractivity contribution >= 4 is 17.5 Å². The minimum atomic E-state index is -0.710. The number of hydrogen-bond donors (Lipinski definition) is 1. The van der Waals surface area contributed by atoms with Gasteiger partial charge in [0.15, 0.2) is 0 Å². The van der Waals surface area contributed by atoms with Gasteiger partial charge in [0.25, 0.3) is 5.91 Å². The van der Waals surface area contributed by atoms with Crippen LogP contribution in [0.1, 0.15) is 41.6 Å². The molecule has 0 spiro atoms. The van der Waals surface area contributed by atoms with Crippen LogP contribution in [0.3, 0.4) is 0 Å². The molecule has 1 N–H and O–H groups in total. The Kier molecular flexibility index (Phi) is 4.16. The van der Waals surface area contributed by atoms with Crippen molar-refractivity contribution in [3.05, 3.63) is 34.3 Å². The van der Waals surface area contributed by atoms with E-state index in [1.54, 1.807) is 18.0 Å². The summed E-state index contributed by atoms with van der Waals surface area (Å²) in [4.78, 5) is 13.9. The van der Waals surface area contributed by atoms with E-state index in [4.69, 9.17) is 11.6 Å². The summed E-state index contributed by atoms with van der Waals surface area (Å²) in [7, 11) is 1.73. The van der Waals surface area contributed by atoms with Crippen LogP contribution >= 0.6 is 11.6 Å². The molecule has 104 valence electrons. The summed E-state index contributed by atoms with van der Waals surface area (Å²) in [6.45, 7) is 2.30. The van der Waals surface area contributed by atoms with E-state index in [0.29, 0.717) is 17.1 Å². The number of amides is 1. The lowest BCUT2D eigenvalue weighted by atomic mass is 10.0. The molecule has 19 heavy (non-hydrogen) atoms. The fourth-order valence-electron chi connectivity index (χ4n) is 2.78. The Morgan fingerprint density at radius 3 is 2.58 bits per heavy atom. The first-order valence-corrected chi connectivity index (χ1v) is 7.02. The highest BCUT2D eigenvalue weighted by atomic mass is 35.5. The summed E-state index contributed by atoms with van der Waals surface area (Å²) in [6.07, 6.45) is 3.63. The Morgan fingerprint density at radius 1 is 1.37 bits per heavy atom. The molecular formula is C15H20ClNO2. The van der Waals surface area contributed by atoms with Crippen molar-refractivity contribution in [1.82, 2.24) is 4.90 Å². The summed E-state index contributed by atoms with van der Waals surface area (Å²) in [5.74, 6) is -0.0917. The maximum absolute atomic E-state index is 12.3. The molecule has 3 nitrogen and oxygen atoms in total. The van der Waals surface area contributed by atoms with Crippen LogP contribution in [0.5, 0.6) is 0 Å². The van der Waals surface area contributed by atoms with Crippen LogP contribution < -0.4 is 0 Å². The highest BCUT2D eigenvalue weighted by molar-refractivity contribution is 6.31. The molecule has 0 heterocycles. The normalized spacial score (nSPS) is 17.5. The van der Waals surface area contributed by atoms with E-state index in [1.807, 2.05) is 19.1 Å². The van der Waals surface area contributed by atoms with Crippen LogP contribution in [0.2, 0.25) is 5.02 Å². The van der Waals surface area contributed by atoms with Crippen molar-refractivity contribution in [3.63, 3.8) is 0 Å². The van der Waals surface area contributed by atoms with E-state index in [0.717, 1.165) is 31.2 Å². The van der Waals surface area contributed by atoms with Crippen molar-refractivity contribution in [2.75, 3.05) is 13.6 Å². The Bertz CT molecular complexity index is 461. The van der Waals surface area contributed by atoms with Gasteiger partial charge < -0.3 is 10.0 Å². The summed E-state index contributed by atoms with van der Waals surface area (Å²) >= 11 is 5.98. The Hall–Kier alpha value is -1.06. The van der Waals surface area contributed by atoms with Crippen molar-refractivity contribution in [2.45, 2.75) is 38.2 Å². The van der Waals surface area contributed by atoms with Crippen molar-refractivity contribution in [1.29, 1.82) is 0 Å². The molecule has 0 aromatic heterocycles. The number of aliphatic hydroxyl groups is 1. The Morgan fingerprint density at radius 2 is 2.00 bits per heavy atom. The molecular weight excluding hydrogens is 262 g/mol. The molecule has 1 aliphatic carbocycles. The van der Waals surface area contributed by atoms with Gasteiger partial charge in [-0.3, -0.25) is 4.79 Å². The minimum absolute atomic E-state index is 0.0917. The van der Waals surface area contributed by atoms with Crippen LogP contribution in [0.15, 0.2) is 18.2 Å². The molecule has 0 unspecified atom stereocenters. The van der Waals surface area contributed by atoms with Crippen molar-refractivity contribution in [3.8, 4) is 0 Å². The molecule has 0 atom stereocenters. The lowest BCUT2D eigenvalue weighted by Crippen LogP contribution is -2.42. The number of rotatable bonds is 3. The largest absolute Gasteiger partial charge is 0.388 e. The number of carbonyl (C=O) groups is 1. The van der Waals surface area contributed by atoms with Crippen molar-refractivity contribution in [2.24, 2.45) is 0 Å². The first-order chi connectivity index (χ1) is 8.89. The fourth-order valence-corrected chi connectivity index (χ4v) is 3.07. The third kappa shape index (κ3) is 3.48. The standard InChI is InChI=1S/C15H20ClNO2/c1-11-7-12(9-13(16)8-11)14(18)17(2)10-15(19)5-3-4-6-15/h7-9,19H,3-6,10H2,1-2H3. The Labute approximate surface area is 119 Å². The average Bonchev–Trinajstić information content (AvgIpc) is 2.73. The van der Waals surface area contributed by atoms with Gasteiger partial charge in [-0.1, -0.05) is 24.4 Å². The fraction of sp³-hybridized carbons (Fsp3) is 0.533. The third-order valence-corrected chi connectivity index (χ3v) is 3.92. The molecule has 2 rings (SSSR count). The second kappa shape index (κ2) is 5.51. The van der Waals surface area contributed by atoms with Gasteiger partial charge in [-0.25, -0.2) is 0 Å². The van der Waals surface area contributed by atoms with Gasteiger partial charge in [0.05, 0.1) is 5.60 Å². The number of likely N-dealkylation sites (N-methyl/N-ethyl adjacent to an activating group) is 1. The molecule has 1 aliphatic rings. The van der Waals surface area contributed by atoms with Gasteiger partial charge in [0.2, 0.25) is 0 Å². The lowest BCUT2D eigenvalue weighted by molar-refractivity contribution is 0.0157. The van der Waals surface area contributed by atoms with Crippen LogP contribution in [-0.4, -0.2) is 35.1 Å². The van der Waals surface area contributed by atoms with Crippen LogP contribution in [0.25, 0.3) is 0 Å². The molecule has 1 fully saturated rings. The Balaban J connectivity index is 2.10. The molecule has 0 aliphatic heterocycles. The van der Waals surface area contributed by atoms with E-state index >= 15 is 0 Å². The topological polar surface area (TPSA) is 40.5 Å². The highest BCUT2D eigenvalue weighted by Crippen LogP contribution is 2.30.